The number of nitrogens with one attached hydrogen (secondary N) is 1. The lowest BCUT2D eigenvalue weighted by molar-refractivity contribution is 0.102. The Hall–Kier alpha value is -2.94. The van der Waals surface area contributed by atoms with Crippen molar-refractivity contribution >= 4 is 33.2 Å². The van der Waals surface area contributed by atoms with E-state index < -0.39 is 10.0 Å². The molecule has 0 saturated carbocycles. The summed E-state index contributed by atoms with van der Waals surface area (Å²) in [6.45, 7) is 2.58. The van der Waals surface area contributed by atoms with Crippen LogP contribution in [0.4, 0.5) is 5.69 Å². The first kappa shape index (κ1) is 24.2. The summed E-state index contributed by atoms with van der Waals surface area (Å²) >= 11 is 5.90. The van der Waals surface area contributed by atoms with Crippen LogP contribution in [0.15, 0.2) is 65.6 Å². The van der Waals surface area contributed by atoms with Gasteiger partial charge in [0.05, 0.1) is 23.3 Å². The van der Waals surface area contributed by atoms with Crippen LogP contribution in [-0.4, -0.2) is 43.8 Å². The zero-order chi connectivity index (χ0) is 24.3. The van der Waals surface area contributed by atoms with E-state index in [2.05, 4.69) is 10.3 Å². The number of sulfonamides is 1. The van der Waals surface area contributed by atoms with Gasteiger partial charge < -0.3 is 10.1 Å². The van der Waals surface area contributed by atoms with Crippen LogP contribution >= 0.6 is 11.6 Å². The fourth-order valence-corrected chi connectivity index (χ4v) is 5.70. The molecule has 2 aromatic carbocycles. The van der Waals surface area contributed by atoms with E-state index in [1.54, 1.807) is 49.6 Å². The van der Waals surface area contributed by atoms with Crippen LogP contribution in [0, 0.1) is 6.92 Å². The zero-order valence-electron chi connectivity index (χ0n) is 19.0. The number of amides is 1. The molecular weight excluding hydrogens is 474 g/mol. The average molecular weight is 500 g/mol. The van der Waals surface area contributed by atoms with Crippen molar-refractivity contribution in [1.29, 1.82) is 0 Å². The number of piperidine rings is 1. The monoisotopic (exact) mass is 499 g/mol. The number of rotatable bonds is 6. The SMILES string of the molecule is COc1cccc(NC(=O)c2ccc(C)nc2C2CCN(S(=O)(=O)c3ccc(Cl)cc3)CC2)c1. The second-order valence-electron chi connectivity index (χ2n) is 8.20. The Morgan fingerprint density at radius 3 is 2.47 bits per heavy atom. The first-order valence-electron chi connectivity index (χ1n) is 11.0. The molecule has 1 aliphatic rings. The van der Waals surface area contributed by atoms with Crippen molar-refractivity contribution < 1.29 is 17.9 Å². The fraction of sp³-hybridized carbons (Fsp3) is 0.280. The predicted octanol–water partition coefficient (Wildman–Crippen LogP) is 4.87. The highest BCUT2D eigenvalue weighted by molar-refractivity contribution is 7.89. The Bertz CT molecular complexity index is 1290. The van der Waals surface area contributed by atoms with Crippen molar-refractivity contribution in [1.82, 2.24) is 9.29 Å². The molecule has 0 bridgehead atoms. The number of pyridine rings is 1. The van der Waals surface area contributed by atoms with Gasteiger partial charge in [-0.3, -0.25) is 9.78 Å². The minimum Gasteiger partial charge on any atom is -0.497 e. The highest BCUT2D eigenvalue weighted by Crippen LogP contribution is 2.32. The van der Waals surface area contributed by atoms with E-state index in [9.17, 15) is 13.2 Å². The maximum absolute atomic E-state index is 13.1. The lowest BCUT2D eigenvalue weighted by Gasteiger charge is -2.31. The Balaban J connectivity index is 1.51. The van der Waals surface area contributed by atoms with Gasteiger partial charge in [0.2, 0.25) is 10.0 Å². The number of aryl methyl sites for hydroxylation is 1. The lowest BCUT2D eigenvalue weighted by Crippen LogP contribution is -2.38. The molecule has 0 unspecified atom stereocenters. The maximum Gasteiger partial charge on any atom is 0.257 e. The molecular formula is C25H26ClN3O4S. The highest BCUT2D eigenvalue weighted by atomic mass is 35.5. The summed E-state index contributed by atoms with van der Waals surface area (Å²) < 4.78 is 32.8. The van der Waals surface area contributed by atoms with Crippen LogP contribution in [0.5, 0.6) is 5.75 Å². The van der Waals surface area contributed by atoms with Crippen molar-refractivity contribution in [2.45, 2.75) is 30.6 Å². The average Bonchev–Trinajstić information content (AvgIpc) is 2.84. The quantitative estimate of drug-likeness (QED) is 0.522. The molecule has 9 heteroatoms. The molecule has 0 atom stereocenters. The van der Waals surface area contributed by atoms with Gasteiger partial charge in [-0.05, 0) is 68.3 Å². The van der Waals surface area contributed by atoms with Crippen LogP contribution in [-0.2, 0) is 10.0 Å². The van der Waals surface area contributed by atoms with E-state index in [1.807, 2.05) is 13.0 Å². The van der Waals surface area contributed by atoms with Gasteiger partial charge in [-0.1, -0.05) is 17.7 Å². The normalized spacial score (nSPS) is 15.1. The zero-order valence-corrected chi connectivity index (χ0v) is 20.6. The minimum absolute atomic E-state index is 0.0253. The minimum atomic E-state index is -3.60. The summed E-state index contributed by atoms with van der Waals surface area (Å²) in [5, 5.41) is 3.40. The number of benzene rings is 2. The molecule has 34 heavy (non-hydrogen) atoms. The van der Waals surface area contributed by atoms with Crippen LogP contribution in [0.25, 0.3) is 0 Å². The second kappa shape index (κ2) is 10.1. The van der Waals surface area contributed by atoms with Crippen LogP contribution < -0.4 is 10.1 Å². The van der Waals surface area contributed by atoms with Crippen LogP contribution in [0.2, 0.25) is 5.02 Å². The summed E-state index contributed by atoms with van der Waals surface area (Å²) in [6.07, 6.45) is 1.14. The second-order valence-corrected chi connectivity index (χ2v) is 10.6. The summed E-state index contributed by atoms with van der Waals surface area (Å²) in [6, 6.07) is 16.9. The molecule has 1 aromatic heterocycles. The van der Waals surface area contributed by atoms with Gasteiger partial charge in [-0.15, -0.1) is 0 Å². The molecule has 0 spiro atoms. The van der Waals surface area contributed by atoms with E-state index in [0.717, 1.165) is 5.69 Å². The molecule has 1 amide bonds. The molecule has 2 heterocycles. The van der Waals surface area contributed by atoms with E-state index in [1.165, 1.54) is 16.4 Å². The van der Waals surface area contributed by atoms with Gasteiger partial charge in [-0.2, -0.15) is 4.31 Å². The topological polar surface area (TPSA) is 88.6 Å². The molecule has 1 fully saturated rings. The number of aromatic nitrogens is 1. The Morgan fingerprint density at radius 1 is 1.09 bits per heavy atom. The van der Waals surface area contributed by atoms with Crippen molar-refractivity contribution in [2.75, 3.05) is 25.5 Å². The molecule has 7 nitrogen and oxygen atoms in total. The molecule has 1 saturated heterocycles. The summed E-state index contributed by atoms with van der Waals surface area (Å²) in [7, 11) is -2.03. The molecule has 4 rings (SSSR count). The molecule has 1 aliphatic heterocycles. The predicted molar refractivity (Wildman–Crippen MR) is 132 cm³/mol. The summed E-state index contributed by atoms with van der Waals surface area (Å²) in [4.78, 5) is 18.0. The summed E-state index contributed by atoms with van der Waals surface area (Å²) in [5.74, 6) is 0.365. The molecule has 0 radical (unpaired) electrons. The molecule has 3 aromatic rings. The number of hydrogen-bond donors (Lipinski definition) is 1. The standard InChI is InChI=1S/C25H26ClN3O4S/c1-17-6-11-23(25(30)28-20-4-3-5-21(16-20)33-2)24(27-17)18-12-14-29(15-13-18)34(31,32)22-9-7-19(26)8-10-22/h3-11,16,18H,12-15H2,1-2H3,(H,28,30). The number of hydrogen-bond acceptors (Lipinski definition) is 5. The summed E-state index contributed by atoms with van der Waals surface area (Å²) in [5.41, 5.74) is 2.63. The molecule has 178 valence electrons. The third-order valence-electron chi connectivity index (χ3n) is 5.93. The van der Waals surface area contributed by atoms with Gasteiger partial charge in [0.15, 0.2) is 0 Å². The number of carbonyl (C=O) groups excluding carboxylic acids is 1. The Kier molecular flexibility index (Phi) is 7.21. The first-order valence-corrected chi connectivity index (χ1v) is 12.8. The first-order chi connectivity index (χ1) is 16.3. The van der Waals surface area contributed by atoms with Crippen molar-refractivity contribution in [2.24, 2.45) is 0 Å². The maximum atomic E-state index is 13.1. The smallest absolute Gasteiger partial charge is 0.257 e. The van der Waals surface area contributed by atoms with E-state index in [4.69, 9.17) is 16.3 Å². The van der Waals surface area contributed by atoms with Crippen molar-refractivity contribution in [3.05, 3.63) is 82.6 Å². The van der Waals surface area contributed by atoms with E-state index >= 15 is 0 Å². The van der Waals surface area contributed by atoms with Gasteiger partial charge in [-0.25, -0.2) is 8.42 Å². The molecule has 1 N–H and O–H groups in total. The van der Waals surface area contributed by atoms with Crippen molar-refractivity contribution in [3.8, 4) is 5.75 Å². The number of nitrogens with zero attached hydrogens (tertiary/aromatic N) is 2. The largest absolute Gasteiger partial charge is 0.497 e. The van der Waals surface area contributed by atoms with Gasteiger partial charge in [0.1, 0.15) is 5.75 Å². The Morgan fingerprint density at radius 2 is 1.79 bits per heavy atom. The van der Waals surface area contributed by atoms with Crippen molar-refractivity contribution in [3.63, 3.8) is 0 Å². The number of methoxy groups -OCH3 is 1. The fourth-order valence-electron chi connectivity index (χ4n) is 4.10. The number of halogens is 1. The van der Waals surface area contributed by atoms with E-state index in [-0.39, 0.29) is 16.7 Å². The Labute approximate surface area is 204 Å². The number of ether oxygens (including phenoxy) is 1. The number of carbonyl (C=O) groups is 1. The number of anilines is 1. The van der Waals surface area contributed by atoms with Crippen LogP contribution in [0.3, 0.4) is 0 Å². The third-order valence-corrected chi connectivity index (χ3v) is 8.09. The lowest BCUT2D eigenvalue weighted by atomic mass is 9.90. The molecule has 0 aliphatic carbocycles. The third kappa shape index (κ3) is 5.24. The van der Waals surface area contributed by atoms with E-state index in [0.29, 0.717) is 53.6 Å². The van der Waals surface area contributed by atoms with Gasteiger partial charge in [0.25, 0.3) is 5.91 Å². The highest BCUT2D eigenvalue weighted by Gasteiger charge is 2.32. The van der Waals surface area contributed by atoms with Gasteiger partial charge >= 0.3 is 0 Å². The van der Waals surface area contributed by atoms with Crippen LogP contribution in [0.1, 0.15) is 40.5 Å². The van der Waals surface area contributed by atoms with Gasteiger partial charge in [0, 0.05) is 41.5 Å².